The van der Waals surface area contributed by atoms with E-state index in [4.69, 9.17) is 27.9 Å². The number of anilines is 1. The maximum Gasteiger partial charge on any atom is 0.264 e. The Balaban J connectivity index is 2.08. The number of nitrogens with zero attached hydrogens (tertiary/aromatic N) is 2. The van der Waals surface area contributed by atoms with Gasteiger partial charge in [0.2, 0.25) is 11.8 Å². The molecule has 3 aromatic carbocycles. The van der Waals surface area contributed by atoms with Crippen LogP contribution in [-0.4, -0.2) is 51.4 Å². The Kier molecular flexibility index (Phi) is 11.9. The Morgan fingerprint density at radius 2 is 1.61 bits per heavy atom. The van der Waals surface area contributed by atoms with Gasteiger partial charge in [0.1, 0.15) is 18.3 Å². The van der Waals surface area contributed by atoms with E-state index in [9.17, 15) is 18.0 Å². The van der Waals surface area contributed by atoms with Gasteiger partial charge in [-0.05, 0) is 60.9 Å². The number of hydrogen-bond acceptors (Lipinski definition) is 5. The number of ether oxygens (including phenoxy) is 1. The topological polar surface area (TPSA) is 96.0 Å². The summed E-state index contributed by atoms with van der Waals surface area (Å²) < 4.78 is 34.4. The quantitative estimate of drug-likeness (QED) is 0.226. The zero-order valence-corrected chi connectivity index (χ0v) is 25.7. The number of nitrogens with one attached hydrogen (secondary N) is 1. The molecule has 0 bridgehead atoms. The minimum atomic E-state index is -4.25. The van der Waals surface area contributed by atoms with E-state index in [1.807, 2.05) is 13.8 Å². The summed E-state index contributed by atoms with van der Waals surface area (Å²) in [4.78, 5) is 28.8. The van der Waals surface area contributed by atoms with Crippen LogP contribution in [0.3, 0.4) is 0 Å². The number of hydrogen-bond donors (Lipinski definition) is 1. The maximum atomic E-state index is 14.1. The molecule has 41 heavy (non-hydrogen) atoms. The van der Waals surface area contributed by atoms with Crippen molar-refractivity contribution in [3.63, 3.8) is 0 Å². The number of unbranched alkanes of at least 4 members (excludes halogenated alkanes) is 1. The molecule has 0 spiro atoms. The molecule has 0 fully saturated rings. The Labute approximate surface area is 252 Å². The van der Waals surface area contributed by atoms with Crippen LogP contribution in [0.25, 0.3) is 0 Å². The Hall–Kier alpha value is -3.27. The summed E-state index contributed by atoms with van der Waals surface area (Å²) in [5.74, 6) is -0.657. The van der Waals surface area contributed by atoms with E-state index in [0.717, 1.165) is 22.7 Å². The second kappa shape index (κ2) is 15.1. The van der Waals surface area contributed by atoms with Crippen LogP contribution in [0, 0.1) is 0 Å². The molecule has 0 saturated heterocycles. The highest BCUT2D eigenvalue weighted by Crippen LogP contribution is 2.35. The summed E-state index contributed by atoms with van der Waals surface area (Å²) in [6.07, 6.45) is 2.02. The van der Waals surface area contributed by atoms with Gasteiger partial charge < -0.3 is 15.0 Å². The number of amides is 2. The molecule has 0 heterocycles. The standard InChI is InChI=1S/C30H35Cl2N3O5S/c1-4-6-18-33-30(37)26(5-2)34(20-22-12-14-23(31)15-13-22)29(36)21-35(27-19-24(32)16-17-28(27)40-3)41(38,39)25-10-8-7-9-11-25/h7-17,19,26H,4-6,18,20-21H2,1-3H3,(H,33,37)/t26-/m0/s1. The van der Waals surface area contributed by atoms with Gasteiger partial charge in [-0.1, -0.05) is 73.8 Å². The van der Waals surface area contributed by atoms with Crippen molar-refractivity contribution in [1.29, 1.82) is 0 Å². The minimum absolute atomic E-state index is 0.0107. The highest BCUT2D eigenvalue weighted by Gasteiger charge is 2.34. The van der Waals surface area contributed by atoms with Gasteiger partial charge in [-0.2, -0.15) is 0 Å². The monoisotopic (exact) mass is 619 g/mol. The van der Waals surface area contributed by atoms with Crippen molar-refractivity contribution in [3.05, 3.63) is 88.4 Å². The molecule has 1 N–H and O–H groups in total. The van der Waals surface area contributed by atoms with Crippen molar-refractivity contribution < 1.29 is 22.7 Å². The van der Waals surface area contributed by atoms with Crippen LogP contribution in [-0.2, 0) is 26.2 Å². The number of carbonyl (C=O) groups is 2. The molecule has 2 amide bonds. The highest BCUT2D eigenvalue weighted by molar-refractivity contribution is 7.92. The lowest BCUT2D eigenvalue weighted by molar-refractivity contribution is -0.140. The smallest absolute Gasteiger partial charge is 0.264 e. The molecule has 0 aromatic heterocycles. The van der Waals surface area contributed by atoms with Gasteiger partial charge in [0.25, 0.3) is 10.0 Å². The first-order valence-electron chi connectivity index (χ1n) is 13.3. The number of carbonyl (C=O) groups excluding carboxylic acids is 2. The Morgan fingerprint density at radius 3 is 2.22 bits per heavy atom. The van der Waals surface area contributed by atoms with Crippen molar-refractivity contribution in [2.75, 3.05) is 24.5 Å². The maximum absolute atomic E-state index is 14.1. The van der Waals surface area contributed by atoms with E-state index in [0.29, 0.717) is 18.0 Å². The number of benzene rings is 3. The fraction of sp³-hybridized carbons (Fsp3) is 0.333. The van der Waals surface area contributed by atoms with Crippen molar-refractivity contribution in [2.45, 2.75) is 50.6 Å². The van der Waals surface area contributed by atoms with Gasteiger partial charge in [0, 0.05) is 23.1 Å². The normalized spacial score (nSPS) is 11.9. The number of sulfonamides is 1. The third-order valence-electron chi connectivity index (χ3n) is 6.50. The van der Waals surface area contributed by atoms with E-state index < -0.39 is 28.5 Å². The molecule has 0 aliphatic rings. The van der Waals surface area contributed by atoms with Crippen LogP contribution in [0.15, 0.2) is 77.7 Å². The predicted octanol–water partition coefficient (Wildman–Crippen LogP) is 5.92. The molecule has 11 heteroatoms. The SMILES string of the molecule is CCCCNC(=O)[C@H](CC)N(Cc1ccc(Cl)cc1)C(=O)CN(c1cc(Cl)ccc1OC)S(=O)(=O)c1ccccc1. The third-order valence-corrected chi connectivity index (χ3v) is 8.76. The molecular weight excluding hydrogens is 585 g/mol. The van der Waals surface area contributed by atoms with Crippen molar-refractivity contribution in [1.82, 2.24) is 10.2 Å². The lowest BCUT2D eigenvalue weighted by Gasteiger charge is -2.33. The number of methoxy groups -OCH3 is 1. The Morgan fingerprint density at radius 1 is 0.951 bits per heavy atom. The van der Waals surface area contributed by atoms with Gasteiger partial charge in [0.05, 0.1) is 17.7 Å². The van der Waals surface area contributed by atoms with Crippen LogP contribution >= 0.6 is 23.2 Å². The average molecular weight is 621 g/mol. The van der Waals surface area contributed by atoms with Crippen LogP contribution < -0.4 is 14.4 Å². The Bertz CT molecular complexity index is 1420. The first-order valence-corrected chi connectivity index (χ1v) is 15.5. The summed E-state index contributed by atoms with van der Waals surface area (Å²) in [6, 6.07) is 18.4. The lowest BCUT2D eigenvalue weighted by atomic mass is 10.1. The molecule has 3 rings (SSSR count). The van der Waals surface area contributed by atoms with Crippen molar-refractivity contribution >= 4 is 50.7 Å². The van der Waals surface area contributed by atoms with Crippen molar-refractivity contribution in [3.8, 4) is 5.75 Å². The molecule has 3 aromatic rings. The average Bonchev–Trinajstić information content (AvgIpc) is 2.97. The summed E-state index contributed by atoms with van der Waals surface area (Å²) >= 11 is 12.3. The molecule has 0 saturated carbocycles. The fourth-order valence-corrected chi connectivity index (χ4v) is 6.03. The second-order valence-electron chi connectivity index (χ2n) is 9.36. The molecule has 0 aliphatic carbocycles. The molecule has 0 unspecified atom stereocenters. The van der Waals surface area contributed by atoms with Crippen LogP contribution in [0.5, 0.6) is 5.75 Å². The fourth-order valence-electron chi connectivity index (χ4n) is 4.30. The van der Waals surface area contributed by atoms with E-state index in [1.165, 1.54) is 36.3 Å². The summed E-state index contributed by atoms with van der Waals surface area (Å²) in [7, 11) is -2.85. The molecule has 1 atom stereocenters. The molecule has 0 radical (unpaired) electrons. The zero-order valence-electron chi connectivity index (χ0n) is 23.3. The van der Waals surface area contributed by atoms with E-state index in [2.05, 4.69) is 5.32 Å². The highest BCUT2D eigenvalue weighted by atomic mass is 35.5. The van der Waals surface area contributed by atoms with Gasteiger partial charge in [-0.25, -0.2) is 8.42 Å². The molecular formula is C30H35Cl2N3O5S. The van der Waals surface area contributed by atoms with Crippen LogP contribution in [0.1, 0.15) is 38.7 Å². The minimum Gasteiger partial charge on any atom is -0.495 e. The van der Waals surface area contributed by atoms with Gasteiger partial charge in [0.15, 0.2) is 0 Å². The number of halogens is 2. The van der Waals surface area contributed by atoms with Gasteiger partial charge >= 0.3 is 0 Å². The van der Waals surface area contributed by atoms with E-state index >= 15 is 0 Å². The second-order valence-corrected chi connectivity index (χ2v) is 12.1. The van der Waals surface area contributed by atoms with Crippen LogP contribution in [0.4, 0.5) is 5.69 Å². The van der Waals surface area contributed by atoms with Gasteiger partial charge in [-0.15, -0.1) is 0 Å². The van der Waals surface area contributed by atoms with E-state index in [1.54, 1.807) is 48.5 Å². The molecule has 220 valence electrons. The zero-order chi connectivity index (χ0) is 30.0. The molecule has 8 nitrogen and oxygen atoms in total. The van der Waals surface area contributed by atoms with Crippen LogP contribution in [0.2, 0.25) is 10.0 Å². The van der Waals surface area contributed by atoms with Crippen molar-refractivity contribution in [2.24, 2.45) is 0 Å². The third kappa shape index (κ3) is 8.38. The summed E-state index contributed by atoms with van der Waals surface area (Å²) in [6.45, 7) is 3.78. The first kappa shape index (κ1) is 32.2. The lowest BCUT2D eigenvalue weighted by Crippen LogP contribution is -2.52. The predicted molar refractivity (Wildman–Crippen MR) is 163 cm³/mol. The first-order chi connectivity index (χ1) is 19.6. The summed E-state index contributed by atoms with van der Waals surface area (Å²) in [5, 5.41) is 3.71. The molecule has 0 aliphatic heterocycles. The largest absolute Gasteiger partial charge is 0.495 e. The number of rotatable bonds is 14. The summed E-state index contributed by atoms with van der Waals surface area (Å²) in [5.41, 5.74) is 0.837. The van der Waals surface area contributed by atoms with Gasteiger partial charge in [-0.3, -0.25) is 13.9 Å². The van der Waals surface area contributed by atoms with E-state index in [-0.39, 0.29) is 33.8 Å².